The maximum absolute atomic E-state index is 13.7. The van der Waals surface area contributed by atoms with E-state index in [2.05, 4.69) is 15.7 Å². The Labute approximate surface area is 174 Å². The lowest BCUT2D eigenvalue weighted by Gasteiger charge is -2.32. The second kappa shape index (κ2) is 7.89. The number of amides is 1. The van der Waals surface area contributed by atoms with E-state index in [1.807, 2.05) is 0 Å². The van der Waals surface area contributed by atoms with Crippen LogP contribution in [0.25, 0.3) is 0 Å². The highest BCUT2D eigenvalue weighted by Crippen LogP contribution is 2.44. The number of hydrogen-bond acceptors (Lipinski definition) is 6. The molecule has 1 aliphatic rings. The Morgan fingerprint density at radius 2 is 2.10 bits per heavy atom. The number of ether oxygens (including phenoxy) is 2. The van der Waals surface area contributed by atoms with Crippen LogP contribution in [0.15, 0.2) is 47.2 Å². The van der Waals surface area contributed by atoms with E-state index in [1.54, 1.807) is 30.3 Å². The van der Waals surface area contributed by atoms with Crippen molar-refractivity contribution in [3.63, 3.8) is 0 Å². The van der Waals surface area contributed by atoms with Gasteiger partial charge in [0.05, 0.1) is 38.4 Å². The molecule has 0 bridgehead atoms. The summed E-state index contributed by atoms with van der Waals surface area (Å²) >= 11 is 0. The molecule has 11 heteroatoms. The third-order valence-corrected chi connectivity index (χ3v) is 5.03. The van der Waals surface area contributed by atoms with E-state index in [1.165, 1.54) is 20.5 Å². The van der Waals surface area contributed by atoms with E-state index in [4.69, 9.17) is 13.9 Å². The molecule has 8 nitrogen and oxygen atoms in total. The highest BCUT2D eigenvalue weighted by Gasteiger charge is 2.47. The zero-order chi connectivity index (χ0) is 22.2. The van der Waals surface area contributed by atoms with Gasteiger partial charge in [-0.25, -0.2) is 4.68 Å². The van der Waals surface area contributed by atoms with E-state index in [9.17, 15) is 18.0 Å². The van der Waals surface area contributed by atoms with Crippen LogP contribution in [-0.4, -0.2) is 36.1 Å². The Hall–Kier alpha value is -3.63. The van der Waals surface area contributed by atoms with E-state index in [0.717, 1.165) is 10.9 Å². The summed E-state index contributed by atoms with van der Waals surface area (Å²) in [6.45, 7) is 0. The van der Waals surface area contributed by atoms with Gasteiger partial charge in [-0.05, 0) is 24.3 Å². The van der Waals surface area contributed by atoms with Gasteiger partial charge in [0.15, 0.2) is 6.04 Å². The van der Waals surface area contributed by atoms with Gasteiger partial charge in [0, 0.05) is 12.5 Å². The number of furan rings is 1. The van der Waals surface area contributed by atoms with Crippen LogP contribution in [-0.2, 0) is 0 Å². The van der Waals surface area contributed by atoms with Crippen LogP contribution in [0.5, 0.6) is 11.5 Å². The van der Waals surface area contributed by atoms with Gasteiger partial charge in [0.25, 0.3) is 5.91 Å². The number of benzene rings is 1. The number of anilines is 2. The molecule has 0 fully saturated rings. The van der Waals surface area contributed by atoms with E-state index in [-0.39, 0.29) is 17.8 Å². The predicted octanol–water partition coefficient (Wildman–Crippen LogP) is 4.41. The Morgan fingerprint density at radius 1 is 1.29 bits per heavy atom. The van der Waals surface area contributed by atoms with Gasteiger partial charge in [0.2, 0.25) is 0 Å². The van der Waals surface area contributed by atoms with Crippen LogP contribution in [0.2, 0.25) is 0 Å². The Bertz CT molecular complexity index is 1080. The summed E-state index contributed by atoms with van der Waals surface area (Å²) < 4.78 is 57.6. The molecule has 3 heterocycles. The quantitative estimate of drug-likeness (QED) is 0.616. The highest BCUT2D eigenvalue weighted by atomic mass is 19.4. The topological polar surface area (TPSA) is 90.5 Å². The maximum Gasteiger partial charge on any atom is 0.410 e. The highest BCUT2D eigenvalue weighted by molar-refractivity contribution is 6.08. The first-order valence-electron chi connectivity index (χ1n) is 9.29. The summed E-state index contributed by atoms with van der Waals surface area (Å²) in [4.78, 5) is 12.9. The van der Waals surface area contributed by atoms with Crippen molar-refractivity contribution in [3.05, 3.63) is 54.1 Å². The number of nitrogens with zero attached hydrogens (tertiary/aromatic N) is 2. The third kappa shape index (κ3) is 3.90. The summed E-state index contributed by atoms with van der Waals surface area (Å²) in [6.07, 6.45) is -2.38. The number of hydrogen-bond donors (Lipinski definition) is 2. The molecule has 1 aliphatic heterocycles. The zero-order valence-electron chi connectivity index (χ0n) is 16.6. The monoisotopic (exact) mass is 436 g/mol. The first-order chi connectivity index (χ1) is 14.8. The van der Waals surface area contributed by atoms with E-state index in [0.29, 0.717) is 22.9 Å². The van der Waals surface area contributed by atoms with Crippen molar-refractivity contribution in [1.82, 2.24) is 9.78 Å². The van der Waals surface area contributed by atoms with Crippen molar-refractivity contribution in [2.24, 2.45) is 0 Å². The van der Waals surface area contributed by atoms with Crippen molar-refractivity contribution in [2.45, 2.75) is 24.7 Å². The molecule has 0 saturated heterocycles. The molecule has 3 aromatic rings. The minimum atomic E-state index is -4.55. The second-order valence-electron chi connectivity index (χ2n) is 6.88. The first-order valence-corrected chi connectivity index (χ1v) is 9.29. The molecular weight excluding hydrogens is 417 g/mol. The molecule has 2 aromatic heterocycles. The fourth-order valence-corrected chi connectivity index (χ4v) is 3.50. The van der Waals surface area contributed by atoms with Gasteiger partial charge in [0.1, 0.15) is 28.6 Å². The number of nitrogens with one attached hydrogen (secondary N) is 2. The summed E-state index contributed by atoms with van der Waals surface area (Å²) in [5, 5.41) is 9.45. The van der Waals surface area contributed by atoms with Crippen molar-refractivity contribution < 1.29 is 31.9 Å². The first kappa shape index (κ1) is 20.6. The number of aromatic nitrogens is 2. The molecule has 0 radical (unpaired) electrons. The van der Waals surface area contributed by atoms with Crippen LogP contribution in [0.1, 0.15) is 34.6 Å². The Kier molecular flexibility index (Phi) is 5.25. The average Bonchev–Trinajstić information content (AvgIpc) is 3.42. The molecule has 0 spiro atoms. The van der Waals surface area contributed by atoms with Gasteiger partial charge in [-0.3, -0.25) is 4.79 Å². The molecular formula is C20H19F3N4O4. The lowest BCUT2D eigenvalue weighted by Crippen LogP contribution is -2.36. The van der Waals surface area contributed by atoms with E-state index >= 15 is 0 Å². The molecule has 0 saturated carbocycles. The summed E-state index contributed by atoms with van der Waals surface area (Å²) in [7, 11) is 2.92. The van der Waals surface area contributed by atoms with Gasteiger partial charge in [-0.2, -0.15) is 18.3 Å². The Balaban J connectivity index is 1.67. The molecule has 0 unspecified atom stereocenters. The summed E-state index contributed by atoms with van der Waals surface area (Å²) in [5.74, 6) is 0.514. The number of carbonyl (C=O) groups is 1. The van der Waals surface area contributed by atoms with Crippen molar-refractivity contribution in [3.8, 4) is 11.5 Å². The minimum absolute atomic E-state index is 0.0385. The third-order valence-electron chi connectivity index (χ3n) is 5.03. The van der Waals surface area contributed by atoms with Crippen molar-refractivity contribution in [1.29, 1.82) is 0 Å². The van der Waals surface area contributed by atoms with Crippen LogP contribution in [0.4, 0.5) is 24.7 Å². The van der Waals surface area contributed by atoms with E-state index < -0.39 is 24.2 Å². The number of halogens is 3. The number of alkyl halides is 3. The van der Waals surface area contributed by atoms with Gasteiger partial charge in [-0.15, -0.1) is 0 Å². The smallest absolute Gasteiger partial charge is 0.410 e. The Morgan fingerprint density at radius 3 is 2.74 bits per heavy atom. The number of fused-ring (bicyclic) bond motifs is 1. The van der Waals surface area contributed by atoms with Crippen LogP contribution < -0.4 is 20.1 Å². The van der Waals surface area contributed by atoms with Crippen LogP contribution >= 0.6 is 0 Å². The molecule has 0 aliphatic carbocycles. The summed E-state index contributed by atoms with van der Waals surface area (Å²) in [5.41, 5.74) is 0.294. The molecule has 2 N–H and O–H groups in total. The maximum atomic E-state index is 13.7. The minimum Gasteiger partial charge on any atom is -0.497 e. The molecule has 4 rings (SSSR count). The fraction of sp³-hybridized carbons (Fsp3) is 0.300. The number of methoxy groups -OCH3 is 2. The van der Waals surface area contributed by atoms with Crippen LogP contribution in [0, 0.1) is 0 Å². The SMILES string of the molecule is COc1ccc(NC(=O)c2cnn3c2N[C@H](c2ccco2)C[C@@H]3C(F)(F)F)c(OC)c1. The average molecular weight is 436 g/mol. The van der Waals surface area contributed by atoms with Gasteiger partial charge < -0.3 is 24.5 Å². The zero-order valence-corrected chi connectivity index (χ0v) is 16.6. The lowest BCUT2D eigenvalue weighted by molar-refractivity contribution is -0.174. The van der Waals surface area contributed by atoms with Gasteiger partial charge >= 0.3 is 6.18 Å². The molecule has 2 atom stereocenters. The molecule has 1 aromatic carbocycles. The normalized spacial score (nSPS) is 18.1. The number of rotatable bonds is 5. The second-order valence-corrected chi connectivity index (χ2v) is 6.88. The lowest BCUT2D eigenvalue weighted by atomic mass is 10.0. The molecule has 31 heavy (non-hydrogen) atoms. The molecule has 164 valence electrons. The van der Waals surface area contributed by atoms with Crippen molar-refractivity contribution >= 4 is 17.4 Å². The van der Waals surface area contributed by atoms with Gasteiger partial charge in [-0.1, -0.05) is 0 Å². The summed E-state index contributed by atoms with van der Waals surface area (Å²) in [6, 6.07) is 5.27. The molecule has 1 amide bonds. The fourth-order valence-electron chi connectivity index (χ4n) is 3.50. The predicted molar refractivity (Wildman–Crippen MR) is 105 cm³/mol. The van der Waals surface area contributed by atoms with Crippen molar-refractivity contribution in [2.75, 3.05) is 24.9 Å². The standard InChI is InChI=1S/C20H19F3N4O4/c1-29-11-5-6-13(16(8-11)30-2)26-19(28)12-10-24-27-17(20(21,22)23)9-14(25-18(12)27)15-4-3-7-31-15/h3-8,10,14,17,25H,9H2,1-2H3,(H,26,28)/t14-,17+/m0/s1. The largest absolute Gasteiger partial charge is 0.497 e. The number of carbonyl (C=O) groups excluding carboxylic acids is 1. The van der Waals surface area contributed by atoms with Crippen LogP contribution in [0.3, 0.4) is 0 Å².